The van der Waals surface area contributed by atoms with Crippen LogP contribution in [0.4, 0.5) is 0 Å². The topological polar surface area (TPSA) is 26.0 Å². The molecule has 0 aliphatic carbocycles. The zero-order chi connectivity index (χ0) is 10.7. The van der Waals surface area contributed by atoms with Gasteiger partial charge in [-0.15, -0.1) is 0 Å². The summed E-state index contributed by atoms with van der Waals surface area (Å²) in [4.78, 5) is 0. The molecule has 0 spiro atoms. The van der Waals surface area contributed by atoms with Gasteiger partial charge in [-0.25, -0.2) is 0 Å². The van der Waals surface area contributed by atoms with Crippen molar-refractivity contribution in [2.75, 3.05) is 6.54 Å². The molecule has 3 heteroatoms. The van der Waals surface area contributed by atoms with Crippen LogP contribution in [0.15, 0.2) is 18.2 Å². The lowest BCUT2D eigenvalue weighted by Crippen LogP contribution is -2.18. The number of benzene rings is 1. The van der Waals surface area contributed by atoms with Gasteiger partial charge in [0.2, 0.25) is 0 Å². The average Bonchev–Trinajstić information content (AvgIpc) is 2.09. The highest BCUT2D eigenvalue weighted by Gasteiger charge is 2.16. The Morgan fingerprint density at radius 3 is 2.36 bits per heavy atom. The second-order valence-corrected chi connectivity index (χ2v) is 4.60. The van der Waals surface area contributed by atoms with Gasteiger partial charge < -0.3 is 5.73 Å². The van der Waals surface area contributed by atoms with Gasteiger partial charge in [0.15, 0.2) is 0 Å². The van der Waals surface area contributed by atoms with Crippen molar-refractivity contribution in [3.63, 3.8) is 0 Å². The van der Waals surface area contributed by atoms with E-state index in [2.05, 4.69) is 13.8 Å². The maximum atomic E-state index is 6.11. The first-order valence-corrected chi connectivity index (χ1v) is 5.47. The monoisotopic (exact) mass is 231 g/mol. The van der Waals surface area contributed by atoms with Crippen LogP contribution >= 0.6 is 23.2 Å². The van der Waals surface area contributed by atoms with Crippen molar-refractivity contribution in [2.24, 2.45) is 11.7 Å². The van der Waals surface area contributed by atoms with Gasteiger partial charge in [-0.05, 0) is 36.1 Å². The SMILES string of the molecule is CC(C)C(CN)c1ccc(Cl)cc1Cl. The normalized spacial score (nSPS) is 13.3. The summed E-state index contributed by atoms with van der Waals surface area (Å²) >= 11 is 11.9. The minimum absolute atomic E-state index is 0.305. The first-order chi connectivity index (χ1) is 6.56. The van der Waals surface area contributed by atoms with E-state index in [-0.39, 0.29) is 0 Å². The molecule has 14 heavy (non-hydrogen) atoms. The Morgan fingerprint density at radius 1 is 1.29 bits per heavy atom. The van der Waals surface area contributed by atoms with E-state index >= 15 is 0 Å². The molecule has 0 amide bonds. The molecular weight excluding hydrogens is 217 g/mol. The van der Waals surface area contributed by atoms with Crippen LogP contribution in [0.3, 0.4) is 0 Å². The Kier molecular flexibility index (Phi) is 4.24. The van der Waals surface area contributed by atoms with Gasteiger partial charge in [-0.3, -0.25) is 0 Å². The Hall–Kier alpha value is -0.240. The zero-order valence-corrected chi connectivity index (χ0v) is 9.94. The number of rotatable bonds is 3. The van der Waals surface area contributed by atoms with Gasteiger partial charge in [0.1, 0.15) is 0 Å². The molecule has 0 radical (unpaired) electrons. The van der Waals surface area contributed by atoms with Crippen molar-refractivity contribution in [2.45, 2.75) is 19.8 Å². The van der Waals surface area contributed by atoms with Crippen molar-refractivity contribution >= 4 is 23.2 Å². The lowest BCUT2D eigenvalue weighted by atomic mass is 9.88. The molecule has 1 unspecified atom stereocenters. The predicted octanol–water partition coefficient (Wildman–Crippen LogP) is 3.69. The van der Waals surface area contributed by atoms with Crippen LogP contribution in [0.1, 0.15) is 25.3 Å². The molecule has 1 aromatic carbocycles. The van der Waals surface area contributed by atoms with Crippen LogP contribution < -0.4 is 5.73 Å². The number of hydrogen-bond acceptors (Lipinski definition) is 1. The second-order valence-electron chi connectivity index (χ2n) is 3.75. The molecule has 0 aliphatic rings. The van der Waals surface area contributed by atoms with E-state index in [1.807, 2.05) is 12.1 Å². The summed E-state index contributed by atoms with van der Waals surface area (Å²) in [5, 5.41) is 1.37. The minimum Gasteiger partial charge on any atom is -0.330 e. The third kappa shape index (κ3) is 2.63. The second kappa shape index (κ2) is 5.01. The molecule has 0 heterocycles. The Labute approximate surface area is 95.2 Å². The van der Waals surface area contributed by atoms with E-state index in [9.17, 15) is 0 Å². The van der Waals surface area contributed by atoms with E-state index < -0.39 is 0 Å². The molecule has 0 fully saturated rings. The molecule has 1 nitrogen and oxygen atoms in total. The van der Waals surface area contributed by atoms with Gasteiger partial charge in [0.05, 0.1) is 0 Å². The highest BCUT2D eigenvalue weighted by atomic mass is 35.5. The smallest absolute Gasteiger partial charge is 0.0456 e. The van der Waals surface area contributed by atoms with Crippen molar-refractivity contribution in [1.29, 1.82) is 0 Å². The van der Waals surface area contributed by atoms with E-state index in [4.69, 9.17) is 28.9 Å². The van der Waals surface area contributed by atoms with Crippen LogP contribution in [0.5, 0.6) is 0 Å². The van der Waals surface area contributed by atoms with Gasteiger partial charge in [-0.2, -0.15) is 0 Å². The fraction of sp³-hybridized carbons (Fsp3) is 0.455. The van der Waals surface area contributed by atoms with Crippen molar-refractivity contribution < 1.29 is 0 Å². The molecule has 0 saturated heterocycles. The third-order valence-corrected chi connectivity index (χ3v) is 2.98. The summed E-state index contributed by atoms with van der Waals surface area (Å²) in [6.45, 7) is 4.89. The van der Waals surface area contributed by atoms with E-state index in [1.165, 1.54) is 0 Å². The molecule has 2 N–H and O–H groups in total. The molecule has 0 aliphatic heterocycles. The van der Waals surface area contributed by atoms with Gasteiger partial charge in [0, 0.05) is 10.0 Å². The quantitative estimate of drug-likeness (QED) is 0.844. The zero-order valence-electron chi connectivity index (χ0n) is 8.43. The largest absolute Gasteiger partial charge is 0.330 e. The third-order valence-electron chi connectivity index (χ3n) is 2.42. The van der Waals surface area contributed by atoms with Crippen molar-refractivity contribution in [3.05, 3.63) is 33.8 Å². The summed E-state index contributed by atoms with van der Waals surface area (Å²) in [6.07, 6.45) is 0. The predicted molar refractivity (Wildman–Crippen MR) is 63.1 cm³/mol. The average molecular weight is 232 g/mol. The number of nitrogens with two attached hydrogens (primary N) is 1. The van der Waals surface area contributed by atoms with Crippen LogP contribution in [0, 0.1) is 5.92 Å². The maximum absolute atomic E-state index is 6.11. The molecule has 78 valence electrons. The minimum atomic E-state index is 0.305. The summed E-state index contributed by atoms with van der Waals surface area (Å²) in [5.74, 6) is 0.790. The van der Waals surface area contributed by atoms with Crippen LogP contribution in [0.2, 0.25) is 10.0 Å². The van der Waals surface area contributed by atoms with Crippen LogP contribution in [0.25, 0.3) is 0 Å². The molecule has 1 rings (SSSR count). The molecule has 1 aromatic rings. The Morgan fingerprint density at radius 2 is 1.93 bits per heavy atom. The van der Waals surface area contributed by atoms with Crippen LogP contribution in [-0.4, -0.2) is 6.54 Å². The summed E-state index contributed by atoms with van der Waals surface area (Å²) < 4.78 is 0. The first kappa shape index (κ1) is 11.8. The van der Waals surface area contributed by atoms with E-state index in [0.29, 0.717) is 28.4 Å². The maximum Gasteiger partial charge on any atom is 0.0456 e. The van der Waals surface area contributed by atoms with Gasteiger partial charge in [-0.1, -0.05) is 43.1 Å². The number of halogens is 2. The lowest BCUT2D eigenvalue weighted by molar-refractivity contribution is 0.506. The molecule has 0 saturated carbocycles. The molecule has 1 atom stereocenters. The highest BCUT2D eigenvalue weighted by Crippen LogP contribution is 2.31. The summed E-state index contributed by atoms with van der Waals surface area (Å²) in [7, 11) is 0. The molecule has 0 bridgehead atoms. The molecular formula is C11H15Cl2N. The van der Waals surface area contributed by atoms with Crippen molar-refractivity contribution in [3.8, 4) is 0 Å². The number of hydrogen-bond donors (Lipinski definition) is 1. The Balaban J connectivity index is 3.04. The highest BCUT2D eigenvalue weighted by molar-refractivity contribution is 6.35. The van der Waals surface area contributed by atoms with Crippen LogP contribution in [-0.2, 0) is 0 Å². The fourth-order valence-electron chi connectivity index (χ4n) is 1.56. The van der Waals surface area contributed by atoms with Gasteiger partial charge >= 0.3 is 0 Å². The lowest BCUT2D eigenvalue weighted by Gasteiger charge is -2.20. The van der Waals surface area contributed by atoms with E-state index in [1.54, 1.807) is 6.07 Å². The fourth-order valence-corrected chi connectivity index (χ4v) is 2.11. The van der Waals surface area contributed by atoms with E-state index in [0.717, 1.165) is 5.56 Å². The Bertz CT molecular complexity index is 310. The standard InChI is InChI=1S/C11H15Cl2N/c1-7(2)10(6-14)9-4-3-8(12)5-11(9)13/h3-5,7,10H,6,14H2,1-2H3. The first-order valence-electron chi connectivity index (χ1n) is 4.71. The summed E-state index contributed by atoms with van der Waals surface area (Å²) in [5.41, 5.74) is 6.81. The summed E-state index contributed by atoms with van der Waals surface area (Å²) in [6, 6.07) is 5.58. The van der Waals surface area contributed by atoms with Gasteiger partial charge in [0.25, 0.3) is 0 Å². The van der Waals surface area contributed by atoms with Crippen molar-refractivity contribution in [1.82, 2.24) is 0 Å². The molecule has 0 aromatic heterocycles.